The number of rotatable bonds is 7. The van der Waals surface area contributed by atoms with Crippen LogP contribution >= 0.6 is 0 Å². The van der Waals surface area contributed by atoms with Crippen LogP contribution in [0.3, 0.4) is 0 Å². The molecule has 1 saturated heterocycles. The molecule has 0 aromatic carbocycles. The van der Waals surface area contributed by atoms with Crippen LogP contribution in [0.5, 0.6) is 0 Å². The average Bonchev–Trinajstić information content (AvgIpc) is 2.35. The lowest BCUT2D eigenvalue weighted by Crippen LogP contribution is -2.44. The second kappa shape index (κ2) is 8.12. The van der Waals surface area contributed by atoms with Crippen molar-refractivity contribution in [3.8, 4) is 0 Å². The van der Waals surface area contributed by atoms with Gasteiger partial charge >= 0.3 is 0 Å². The fourth-order valence-electron chi connectivity index (χ4n) is 2.07. The standard InChI is InChI=1S/C14H29NO4Si/c1-12(2)18-11-13(19-20(3,4)5)10-14(16)15-6-8-17-9-7-15/h12-13H,6-11H2,1-5H3/t13-/m0/s1. The van der Waals surface area contributed by atoms with Gasteiger partial charge in [0, 0.05) is 13.1 Å². The zero-order valence-electron chi connectivity index (χ0n) is 13.5. The Morgan fingerprint density at radius 1 is 1.25 bits per heavy atom. The van der Waals surface area contributed by atoms with E-state index in [1.165, 1.54) is 0 Å². The Hall–Kier alpha value is -0.433. The van der Waals surface area contributed by atoms with Crippen molar-refractivity contribution in [2.45, 2.75) is 52.1 Å². The molecule has 0 aromatic heterocycles. The molecule has 0 saturated carbocycles. The van der Waals surface area contributed by atoms with Crippen LogP contribution in [0.25, 0.3) is 0 Å². The van der Waals surface area contributed by atoms with E-state index < -0.39 is 8.32 Å². The van der Waals surface area contributed by atoms with Crippen LogP contribution in [0.4, 0.5) is 0 Å². The van der Waals surface area contributed by atoms with E-state index in [1.807, 2.05) is 18.7 Å². The van der Waals surface area contributed by atoms with E-state index in [2.05, 4.69) is 19.6 Å². The number of hydrogen-bond donors (Lipinski definition) is 0. The Bertz CT molecular complexity index is 298. The summed E-state index contributed by atoms with van der Waals surface area (Å²) in [6, 6.07) is 0. The van der Waals surface area contributed by atoms with Gasteiger partial charge in [-0.2, -0.15) is 0 Å². The number of amides is 1. The van der Waals surface area contributed by atoms with Gasteiger partial charge in [0.15, 0.2) is 8.32 Å². The molecule has 0 bridgehead atoms. The molecule has 20 heavy (non-hydrogen) atoms. The normalized spacial score (nSPS) is 18.4. The lowest BCUT2D eigenvalue weighted by molar-refractivity contribution is -0.138. The number of morpholine rings is 1. The summed E-state index contributed by atoms with van der Waals surface area (Å²) in [5.41, 5.74) is 0. The van der Waals surface area contributed by atoms with Crippen molar-refractivity contribution >= 4 is 14.2 Å². The number of carbonyl (C=O) groups excluding carboxylic acids is 1. The first-order valence-corrected chi connectivity index (χ1v) is 10.8. The maximum atomic E-state index is 12.3. The Morgan fingerprint density at radius 3 is 2.35 bits per heavy atom. The summed E-state index contributed by atoms with van der Waals surface area (Å²) in [7, 11) is -1.68. The summed E-state index contributed by atoms with van der Waals surface area (Å²) < 4.78 is 17.0. The number of carbonyl (C=O) groups is 1. The molecule has 1 fully saturated rings. The molecule has 0 spiro atoms. The first-order chi connectivity index (χ1) is 9.28. The summed E-state index contributed by atoms with van der Waals surface area (Å²) in [5.74, 6) is 0.143. The van der Waals surface area contributed by atoms with Crippen LogP contribution in [-0.4, -0.2) is 64.2 Å². The minimum Gasteiger partial charge on any atom is -0.412 e. The molecular weight excluding hydrogens is 274 g/mol. The van der Waals surface area contributed by atoms with Crippen LogP contribution in [-0.2, 0) is 18.7 Å². The van der Waals surface area contributed by atoms with E-state index >= 15 is 0 Å². The third-order valence-corrected chi connectivity index (χ3v) is 3.94. The smallest absolute Gasteiger partial charge is 0.225 e. The van der Waals surface area contributed by atoms with Gasteiger partial charge in [-0.15, -0.1) is 0 Å². The third kappa shape index (κ3) is 7.38. The minimum absolute atomic E-state index is 0.139. The highest BCUT2D eigenvalue weighted by atomic mass is 28.4. The van der Waals surface area contributed by atoms with Gasteiger partial charge in [0.05, 0.1) is 38.4 Å². The van der Waals surface area contributed by atoms with Crippen molar-refractivity contribution in [1.82, 2.24) is 4.90 Å². The molecule has 0 unspecified atom stereocenters. The van der Waals surface area contributed by atoms with Crippen molar-refractivity contribution < 1.29 is 18.7 Å². The number of ether oxygens (including phenoxy) is 2. The lowest BCUT2D eigenvalue weighted by atomic mass is 10.2. The predicted molar refractivity (Wildman–Crippen MR) is 81.3 cm³/mol. The Kier molecular flexibility index (Phi) is 7.15. The first kappa shape index (κ1) is 17.6. The summed E-state index contributed by atoms with van der Waals surface area (Å²) in [4.78, 5) is 14.1. The van der Waals surface area contributed by atoms with Gasteiger partial charge in [-0.3, -0.25) is 4.79 Å². The van der Waals surface area contributed by atoms with Crippen molar-refractivity contribution in [2.75, 3.05) is 32.9 Å². The molecule has 1 amide bonds. The van der Waals surface area contributed by atoms with Gasteiger partial charge < -0.3 is 18.8 Å². The first-order valence-electron chi connectivity index (χ1n) is 7.43. The zero-order valence-corrected chi connectivity index (χ0v) is 14.5. The van der Waals surface area contributed by atoms with Crippen molar-refractivity contribution in [2.24, 2.45) is 0 Å². The molecule has 1 heterocycles. The second-order valence-corrected chi connectivity index (χ2v) is 10.9. The van der Waals surface area contributed by atoms with Crippen molar-refractivity contribution in [3.63, 3.8) is 0 Å². The van der Waals surface area contributed by atoms with E-state index in [1.54, 1.807) is 0 Å². The Morgan fingerprint density at radius 2 is 1.85 bits per heavy atom. The fourth-order valence-corrected chi connectivity index (χ4v) is 3.22. The Balaban J connectivity index is 2.50. The highest BCUT2D eigenvalue weighted by molar-refractivity contribution is 6.69. The van der Waals surface area contributed by atoms with Gasteiger partial charge in [-0.1, -0.05) is 0 Å². The molecule has 0 aliphatic carbocycles. The predicted octanol–water partition coefficient (Wildman–Crippen LogP) is 1.88. The molecule has 1 atom stereocenters. The van der Waals surface area contributed by atoms with Crippen LogP contribution in [0, 0.1) is 0 Å². The lowest BCUT2D eigenvalue weighted by Gasteiger charge is -2.31. The van der Waals surface area contributed by atoms with Crippen LogP contribution in [0.2, 0.25) is 19.6 Å². The van der Waals surface area contributed by atoms with Gasteiger partial charge in [0.1, 0.15) is 0 Å². The third-order valence-electron chi connectivity index (χ3n) is 2.90. The van der Waals surface area contributed by atoms with Crippen molar-refractivity contribution in [3.05, 3.63) is 0 Å². The minimum atomic E-state index is -1.68. The van der Waals surface area contributed by atoms with Gasteiger partial charge in [0.2, 0.25) is 5.91 Å². The largest absolute Gasteiger partial charge is 0.412 e. The highest BCUT2D eigenvalue weighted by Gasteiger charge is 2.26. The molecule has 118 valence electrons. The monoisotopic (exact) mass is 303 g/mol. The molecule has 1 aliphatic heterocycles. The number of hydrogen-bond acceptors (Lipinski definition) is 4. The van der Waals surface area contributed by atoms with E-state index in [0.717, 1.165) is 0 Å². The zero-order chi connectivity index (χ0) is 15.2. The SMILES string of the molecule is CC(C)OC[C@H](CC(=O)N1CCOCC1)O[Si](C)(C)C. The molecule has 1 aliphatic rings. The van der Waals surface area contributed by atoms with Crippen LogP contribution in [0.1, 0.15) is 20.3 Å². The fraction of sp³-hybridized carbons (Fsp3) is 0.929. The summed E-state index contributed by atoms with van der Waals surface area (Å²) in [5, 5.41) is 0. The molecule has 0 aromatic rings. The average molecular weight is 303 g/mol. The molecule has 0 N–H and O–H groups in total. The molecular formula is C14H29NO4Si. The molecule has 5 nitrogen and oxygen atoms in total. The maximum Gasteiger partial charge on any atom is 0.225 e. The Labute approximate surface area is 123 Å². The summed E-state index contributed by atoms with van der Waals surface area (Å²) in [6.07, 6.45) is 0.414. The van der Waals surface area contributed by atoms with E-state index in [4.69, 9.17) is 13.9 Å². The summed E-state index contributed by atoms with van der Waals surface area (Å²) in [6.45, 7) is 13.5. The van der Waals surface area contributed by atoms with E-state index in [9.17, 15) is 4.79 Å². The van der Waals surface area contributed by atoms with Crippen LogP contribution < -0.4 is 0 Å². The molecule has 0 radical (unpaired) electrons. The quantitative estimate of drug-likeness (QED) is 0.674. The van der Waals surface area contributed by atoms with E-state index in [0.29, 0.717) is 39.3 Å². The number of nitrogens with zero attached hydrogens (tertiary/aromatic N) is 1. The topological polar surface area (TPSA) is 48.0 Å². The highest BCUT2D eigenvalue weighted by Crippen LogP contribution is 2.13. The molecule has 1 rings (SSSR count). The molecule has 6 heteroatoms. The van der Waals surface area contributed by atoms with Gasteiger partial charge in [0.25, 0.3) is 0 Å². The van der Waals surface area contributed by atoms with E-state index in [-0.39, 0.29) is 18.1 Å². The van der Waals surface area contributed by atoms with Crippen molar-refractivity contribution in [1.29, 1.82) is 0 Å². The van der Waals surface area contributed by atoms with Gasteiger partial charge in [-0.25, -0.2) is 0 Å². The second-order valence-electron chi connectivity index (χ2n) is 6.43. The van der Waals surface area contributed by atoms with Crippen LogP contribution in [0.15, 0.2) is 0 Å². The van der Waals surface area contributed by atoms with Gasteiger partial charge in [-0.05, 0) is 33.5 Å². The maximum absolute atomic E-state index is 12.3. The summed E-state index contributed by atoms with van der Waals surface area (Å²) >= 11 is 0.